The number of hydrogen-bond donors (Lipinski definition) is 2. The molecule has 1 aliphatic rings. The largest absolute Gasteiger partial charge is 0.493 e. The van der Waals surface area contributed by atoms with Gasteiger partial charge in [0.15, 0.2) is 23.0 Å². The molecule has 1 aliphatic heterocycles. The van der Waals surface area contributed by atoms with E-state index in [-0.39, 0.29) is 11.8 Å². The monoisotopic (exact) mass is 512 g/mol. The van der Waals surface area contributed by atoms with Gasteiger partial charge in [-0.1, -0.05) is 18.9 Å². The lowest BCUT2D eigenvalue weighted by molar-refractivity contribution is -0.129. The molecule has 200 valence electrons. The first-order valence-electron chi connectivity index (χ1n) is 12.4. The van der Waals surface area contributed by atoms with Crippen molar-refractivity contribution in [2.75, 3.05) is 34.5 Å². The average molecular weight is 513 g/mol. The molecule has 0 unspecified atom stereocenters. The predicted octanol–water partition coefficient (Wildman–Crippen LogP) is 4.15. The second-order valence-corrected chi connectivity index (χ2v) is 8.78. The lowest BCUT2D eigenvalue weighted by Gasteiger charge is -2.28. The third-order valence-corrected chi connectivity index (χ3v) is 6.32. The lowest BCUT2D eigenvalue weighted by atomic mass is 9.98. The number of hydrogen-bond acceptors (Lipinski definition) is 7. The molecule has 9 nitrogen and oxygen atoms in total. The number of fused-ring (bicyclic) bond motifs is 1. The second-order valence-electron chi connectivity index (χ2n) is 8.78. The summed E-state index contributed by atoms with van der Waals surface area (Å²) in [5, 5.41) is 8.49. The number of hydroxylamine groups is 1. The minimum atomic E-state index is -0.361. The molecule has 0 spiro atoms. The highest BCUT2D eigenvalue weighted by molar-refractivity contribution is 5.92. The third kappa shape index (κ3) is 7.88. The van der Waals surface area contributed by atoms with Crippen molar-refractivity contribution < 1.29 is 33.7 Å². The summed E-state index contributed by atoms with van der Waals surface area (Å²) in [6.07, 6.45) is 7.81. The van der Waals surface area contributed by atoms with Crippen molar-refractivity contribution in [3.05, 3.63) is 53.1 Å². The second kappa shape index (κ2) is 14.1. The third-order valence-electron chi connectivity index (χ3n) is 6.32. The Morgan fingerprint density at radius 3 is 2.30 bits per heavy atom. The van der Waals surface area contributed by atoms with E-state index >= 15 is 0 Å². The molecule has 2 aromatic carbocycles. The number of rotatable bonds is 13. The summed E-state index contributed by atoms with van der Waals surface area (Å²) >= 11 is 0. The number of amides is 2. The van der Waals surface area contributed by atoms with E-state index < -0.39 is 0 Å². The van der Waals surface area contributed by atoms with Crippen molar-refractivity contribution in [3.8, 4) is 23.0 Å². The predicted molar refractivity (Wildman–Crippen MR) is 139 cm³/mol. The number of ether oxygens (including phenoxy) is 4. The van der Waals surface area contributed by atoms with E-state index in [2.05, 4.69) is 0 Å². The quantitative estimate of drug-likeness (QED) is 0.180. The topological polar surface area (TPSA) is 107 Å². The van der Waals surface area contributed by atoms with Crippen LogP contribution >= 0.6 is 0 Å². The van der Waals surface area contributed by atoms with E-state index in [0.29, 0.717) is 49.1 Å². The van der Waals surface area contributed by atoms with Gasteiger partial charge in [-0.2, -0.15) is 0 Å². The summed E-state index contributed by atoms with van der Waals surface area (Å²) in [6.45, 7) is 1.68. The minimum absolute atomic E-state index is 0.0591. The molecule has 9 heteroatoms. The Kier molecular flexibility index (Phi) is 10.6. The average Bonchev–Trinajstić information content (AvgIpc) is 2.94. The standard InChI is InChI=1S/C28H36N2O7/c1-34-24-16-20(9-11-23(24)37-15-7-5-4-6-8-27(31)29-33)10-12-28(32)30-14-13-21-17-25(35-2)26(36-3)18-22(21)19-30/h9-12,16-18,33H,4-8,13-15,19H2,1-3H3,(H,29,31)/b12-10+. The van der Waals surface area contributed by atoms with Gasteiger partial charge in [0.25, 0.3) is 0 Å². The van der Waals surface area contributed by atoms with E-state index in [1.165, 1.54) is 5.56 Å². The van der Waals surface area contributed by atoms with Crippen molar-refractivity contribution in [2.45, 2.75) is 45.1 Å². The van der Waals surface area contributed by atoms with Gasteiger partial charge in [-0.15, -0.1) is 0 Å². The van der Waals surface area contributed by atoms with Crippen molar-refractivity contribution >= 4 is 17.9 Å². The van der Waals surface area contributed by atoms with Crippen LogP contribution in [0.5, 0.6) is 23.0 Å². The molecule has 2 aromatic rings. The maximum Gasteiger partial charge on any atom is 0.246 e. The molecule has 1 heterocycles. The van der Waals surface area contributed by atoms with Gasteiger partial charge < -0.3 is 23.8 Å². The van der Waals surface area contributed by atoms with Crippen LogP contribution in [0.4, 0.5) is 0 Å². The summed E-state index contributed by atoms with van der Waals surface area (Å²) in [5.41, 5.74) is 4.70. The highest BCUT2D eigenvalue weighted by atomic mass is 16.5. The molecule has 0 atom stereocenters. The summed E-state index contributed by atoms with van der Waals surface area (Å²) in [6, 6.07) is 9.50. The Bertz CT molecular complexity index is 1100. The lowest BCUT2D eigenvalue weighted by Crippen LogP contribution is -2.34. The number of carbonyl (C=O) groups is 2. The molecule has 0 saturated heterocycles. The van der Waals surface area contributed by atoms with Crippen LogP contribution in [-0.2, 0) is 22.6 Å². The van der Waals surface area contributed by atoms with Gasteiger partial charge in [0.1, 0.15) is 0 Å². The summed E-state index contributed by atoms with van der Waals surface area (Å²) in [7, 11) is 4.81. The summed E-state index contributed by atoms with van der Waals surface area (Å²) < 4.78 is 22.1. The number of nitrogens with zero attached hydrogens (tertiary/aromatic N) is 1. The van der Waals surface area contributed by atoms with Crippen LogP contribution in [0.3, 0.4) is 0 Å². The highest BCUT2D eigenvalue weighted by Gasteiger charge is 2.21. The molecule has 0 bridgehead atoms. The zero-order chi connectivity index (χ0) is 26.6. The van der Waals surface area contributed by atoms with Gasteiger partial charge in [0.05, 0.1) is 27.9 Å². The van der Waals surface area contributed by atoms with Gasteiger partial charge in [0, 0.05) is 25.6 Å². The molecule has 3 rings (SSSR count). The van der Waals surface area contributed by atoms with Crippen LogP contribution in [0.1, 0.15) is 48.8 Å². The minimum Gasteiger partial charge on any atom is -0.493 e. The van der Waals surface area contributed by atoms with Gasteiger partial charge in [-0.3, -0.25) is 14.8 Å². The van der Waals surface area contributed by atoms with Gasteiger partial charge >= 0.3 is 0 Å². The van der Waals surface area contributed by atoms with E-state index in [1.54, 1.807) is 39.0 Å². The number of benzene rings is 2. The Labute approximate surface area is 217 Å². The molecule has 0 fully saturated rings. The zero-order valence-corrected chi connectivity index (χ0v) is 21.7. The van der Waals surface area contributed by atoms with Crippen LogP contribution in [0.25, 0.3) is 6.08 Å². The fraction of sp³-hybridized carbons (Fsp3) is 0.429. The van der Waals surface area contributed by atoms with Crippen LogP contribution in [0.2, 0.25) is 0 Å². The fourth-order valence-electron chi connectivity index (χ4n) is 4.23. The van der Waals surface area contributed by atoms with E-state index in [1.807, 2.05) is 35.2 Å². The van der Waals surface area contributed by atoms with Crippen LogP contribution < -0.4 is 24.4 Å². The first-order valence-corrected chi connectivity index (χ1v) is 12.4. The molecule has 37 heavy (non-hydrogen) atoms. The number of carbonyl (C=O) groups excluding carboxylic acids is 2. The van der Waals surface area contributed by atoms with E-state index in [0.717, 1.165) is 43.2 Å². The molecular formula is C28H36N2O7. The zero-order valence-electron chi connectivity index (χ0n) is 21.7. The first-order chi connectivity index (χ1) is 18.0. The first kappa shape index (κ1) is 27.9. The fourth-order valence-corrected chi connectivity index (χ4v) is 4.23. The summed E-state index contributed by atoms with van der Waals surface area (Å²) in [5.74, 6) is 2.18. The highest BCUT2D eigenvalue weighted by Crippen LogP contribution is 2.33. The summed E-state index contributed by atoms with van der Waals surface area (Å²) in [4.78, 5) is 25.7. The maximum atomic E-state index is 12.9. The Morgan fingerprint density at radius 2 is 1.59 bits per heavy atom. The molecule has 0 radical (unpaired) electrons. The van der Waals surface area contributed by atoms with Crippen molar-refractivity contribution in [1.82, 2.24) is 10.4 Å². The van der Waals surface area contributed by atoms with Crippen LogP contribution in [-0.4, -0.2) is 56.4 Å². The maximum absolute atomic E-state index is 12.9. The normalized spacial score (nSPS) is 12.7. The Hall–Kier alpha value is -3.72. The van der Waals surface area contributed by atoms with Gasteiger partial charge in [-0.25, -0.2) is 5.48 Å². The van der Waals surface area contributed by atoms with E-state index in [9.17, 15) is 9.59 Å². The molecule has 0 aliphatic carbocycles. The van der Waals surface area contributed by atoms with Gasteiger partial charge in [0.2, 0.25) is 11.8 Å². The smallest absolute Gasteiger partial charge is 0.246 e. The van der Waals surface area contributed by atoms with Crippen LogP contribution in [0, 0.1) is 0 Å². The molecule has 0 aromatic heterocycles. The molecule has 0 saturated carbocycles. The molecule has 2 N–H and O–H groups in total. The number of nitrogens with one attached hydrogen (secondary N) is 1. The van der Waals surface area contributed by atoms with Crippen molar-refractivity contribution in [1.29, 1.82) is 0 Å². The van der Waals surface area contributed by atoms with Gasteiger partial charge in [-0.05, 0) is 66.3 Å². The Balaban J connectivity index is 1.52. The van der Waals surface area contributed by atoms with Crippen LogP contribution in [0.15, 0.2) is 36.4 Å². The van der Waals surface area contributed by atoms with Crippen molar-refractivity contribution in [3.63, 3.8) is 0 Å². The van der Waals surface area contributed by atoms with E-state index in [4.69, 9.17) is 24.2 Å². The SMILES string of the molecule is COc1cc2c(cc1OC)CN(C(=O)/C=C/c1ccc(OCCCCCCC(=O)NO)c(OC)c1)CC2. The number of methoxy groups -OCH3 is 3. The van der Waals surface area contributed by atoms with Crippen molar-refractivity contribution in [2.24, 2.45) is 0 Å². The number of unbranched alkanes of at least 4 members (excludes halogenated alkanes) is 3. The Morgan fingerprint density at radius 1 is 0.919 bits per heavy atom. The molecule has 2 amide bonds. The molecular weight excluding hydrogens is 476 g/mol.